The van der Waals surface area contributed by atoms with Crippen molar-refractivity contribution in [3.05, 3.63) is 87.6 Å². The third-order valence-corrected chi connectivity index (χ3v) is 6.02. The standard InChI is InChI=1S/C25H22F4N4O3/c1-24(28,29)16-3-2-4-17(26)22(16)33-15-10-18(27)19(31-12-15)13-32-23(36)25(6-7-25)11-20(34)14-5-8-30-21(35)9-14/h2-5,8-10,12,33H,6-7,11,13H2,1H3,(H,30,35)(H,32,36). The second-order valence-corrected chi connectivity index (χ2v) is 8.83. The summed E-state index contributed by atoms with van der Waals surface area (Å²) in [6, 6.07) is 6.79. The topological polar surface area (TPSA) is 104 Å². The van der Waals surface area contributed by atoms with Crippen molar-refractivity contribution in [2.24, 2.45) is 5.41 Å². The van der Waals surface area contributed by atoms with E-state index in [0.717, 1.165) is 36.5 Å². The van der Waals surface area contributed by atoms with Gasteiger partial charge in [-0.1, -0.05) is 12.1 Å². The van der Waals surface area contributed by atoms with E-state index in [-0.39, 0.29) is 35.7 Å². The van der Waals surface area contributed by atoms with Gasteiger partial charge in [0, 0.05) is 42.8 Å². The van der Waals surface area contributed by atoms with Crippen molar-refractivity contribution >= 4 is 23.1 Å². The molecule has 3 N–H and O–H groups in total. The Kier molecular flexibility index (Phi) is 6.66. The van der Waals surface area contributed by atoms with E-state index in [4.69, 9.17) is 0 Å². The van der Waals surface area contributed by atoms with Crippen molar-refractivity contribution in [2.75, 3.05) is 5.32 Å². The summed E-state index contributed by atoms with van der Waals surface area (Å²) >= 11 is 0. The average Bonchev–Trinajstić information content (AvgIpc) is 3.59. The first-order valence-corrected chi connectivity index (χ1v) is 11.1. The molecule has 4 rings (SSSR count). The van der Waals surface area contributed by atoms with Gasteiger partial charge in [0.2, 0.25) is 11.5 Å². The number of hydrogen-bond donors (Lipinski definition) is 3. The predicted molar refractivity (Wildman–Crippen MR) is 123 cm³/mol. The van der Waals surface area contributed by atoms with Crippen LogP contribution in [0.15, 0.2) is 53.6 Å². The van der Waals surface area contributed by atoms with E-state index in [1.807, 2.05) is 0 Å². The van der Waals surface area contributed by atoms with Gasteiger partial charge in [-0.15, -0.1) is 0 Å². The van der Waals surface area contributed by atoms with Gasteiger partial charge in [-0.05, 0) is 25.0 Å². The summed E-state index contributed by atoms with van der Waals surface area (Å²) in [5.74, 6) is -5.90. The largest absolute Gasteiger partial charge is 0.351 e. The van der Waals surface area contributed by atoms with Crippen LogP contribution in [0.4, 0.5) is 28.9 Å². The van der Waals surface area contributed by atoms with E-state index in [0.29, 0.717) is 19.8 Å². The number of rotatable bonds is 9. The van der Waals surface area contributed by atoms with Gasteiger partial charge < -0.3 is 15.6 Å². The number of aromatic nitrogens is 2. The third-order valence-electron chi connectivity index (χ3n) is 6.02. The molecule has 1 aromatic carbocycles. The number of nitrogens with zero attached hydrogens (tertiary/aromatic N) is 1. The number of amides is 1. The number of hydrogen-bond acceptors (Lipinski definition) is 5. The van der Waals surface area contributed by atoms with Gasteiger partial charge in [0.1, 0.15) is 11.6 Å². The molecule has 36 heavy (non-hydrogen) atoms. The summed E-state index contributed by atoms with van der Waals surface area (Å²) in [7, 11) is 0. The number of alkyl halides is 2. The fraction of sp³-hybridized carbons (Fsp3) is 0.280. The van der Waals surface area contributed by atoms with Gasteiger partial charge in [0.15, 0.2) is 5.78 Å². The molecule has 7 nitrogen and oxygen atoms in total. The number of para-hydroxylation sites is 1. The number of anilines is 2. The molecule has 1 amide bonds. The second kappa shape index (κ2) is 9.56. The number of nitrogens with one attached hydrogen (secondary N) is 3. The fourth-order valence-corrected chi connectivity index (χ4v) is 3.84. The number of ketones is 1. The molecular formula is C25H22F4N4O3. The lowest BCUT2D eigenvalue weighted by Gasteiger charge is -2.18. The number of aromatic amines is 1. The number of benzene rings is 1. The Morgan fingerprint density at radius 2 is 1.89 bits per heavy atom. The van der Waals surface area contributed by atoms with Crippen molar-refractivity contribution in [3.8, 4) is 0 Å². The van der Waals surface area contributed by atoms with E-state index in [2.05, 4.69) is 20.6 Å². The normalized spacial score (nSPS) is 14.2. The van der Waals surface area contributed by atoms with Gasteiger partial charge in [-0.2, -0.15) is 0 Å². The minimum Gasteiger partial charge on any atom is -0.351 e. The average molecular weight is 502 g/mol. The maximum Gasteiger partial charge on any atom is 0.272 e. The number of H-pyrrole nitrogens is 1. The maximum absolute atomic E-state index is 14.6. The monoisotopic (exact) mass is 502 g/mol. The zero-order chi connectivity index (χ0) is 26.1. The van der Waals surface area contributed by atoms with E-state index >= 15 is 0 Å². The molecule has 0 atom stereocenters. The van der Waals surface area contributed by atoms with Crippen LogP contribution >= 0.6 is 0 Å². The highest BCUT2D eigenvalue weighted by Gasteiger charge is 2.51. The molecular weight excluding hydrogens is 480 g/mol. The molecule has 0 spiro atoms. The number of halogens is 4. The summed E-state index contributed by atoms with van der Waals surface area (Å²) < 4.78 is 56.5. The Morgan fingerprint density at radius 1 is 1.14 bits per heavy atom. The lowest BCUT2D eigenvalue weighted by atomic mass is 9.95. The Morgan fingerprint density at radius 3 is 2.53 bits per heavy atom. The highest BCUT2D eigenvalue weighted by Crippen LogP contribution is 2.49. The molecule has 2 aromatic heterocycles. The summed E-state index contributed by atoms with van der Waals surface area (Å²) in [4.78, 5) is 43.0. The first-order chi connectivity index (χ1) is 17.0. The zero-order valence-corrected chi connectivity index (χ0v) is 19.1. The van der Waals surface area contributed by atoms with Crippen LogP contribution in [0.2, 0.25) is 0 Å². The lowest BCUT2D eigenvalue weighted by molar-refractivity contribution is -0.126. The van der Waals surface area contributed by atoms with Crippen molar-refractivity contribution in [1.29, 1.82) is 0 Å². The SMILES string of the molecule is CC(F)(F)c1cccc(F)c1Nc1cnc(CNC(=O)C2(CC(=O)c3cc[nH]c(=O)c3)CC2)c(F)c1. The van der Waals surface area contributed by atoms with Crippen molar-refractivity contribution in [2.45, 2.75) is 38.7 Å². The van der Waals surface area contributed by atoms with E-state index in [1.54, 1.807) is 0 Å². The van der Waals surface area contributed by atoms with Gasteiger partial charge in [-0.25, -0.2) is 17.6 Å². The van der Waals surface area contributed by atoms with Gasteiger partial charge in [0.25, 0.3) is 5.92 Å². The number of carbonyl (C=O) groups excluding carboxylic acids is 2. The highest BCUT2D eigenvalue weighted by atomic mass is 19.3. The summed E-state index contributed by atoms with van der Waals surface area (Å²) in [5, 5.41) is 5.03. The van der Waals surface area contributed by atoms with Crippen LogP contribution in [0.25, 0.3) is 0 Å². The summed E-state index contributed by atoms with van der Waals surface area (Å²) in [6.07, 6.45) is 3.34. The molecule has 1 fully saturated rings. The molecule has 0 bridgehead atoms. The third kappa shape index (κ3) is 5.45. The molecule has 188 valence electrons. The minimum atomic E-state index is -3.34. The molecule has 1 aliphatic rings. The molecule has 2 heterocycles. The van der Waals surface area contributed by atoms with E-state index in [9.17, 15) is 31.9 Å². The summed E-state index contributed by atoms with van der Waals surface area (Å²) in [5.41, 5.74) is -2.42. The lowest BCUT2D eigenvalue weighted by Crippen LogP contribution is -2.33. The second-order valence-electron chi connectivity index (χ2n) is 8.83. The zero-order valence-electron chi connectivity index (χ0n) is 19.1. The van der Waals surface area contributed by atoms with Crippen LogP contribution in [-0.2, 0) is 17.3 Å². The van der Waals surface area contributed by atoms with E-state index in [1.165, 1.54) is 12.3 Å². The van der Waals surface area contributed by atoms with Gasteiger partial charge in [0.05, 0.1) is 35.2 Å². The Bertz CT molecular complexity index is 1380. The molecule has 3 aromatic rings. The Balaban J connectivity index is 1.41. The smallest absolute Gasteiger partial charge is 0.272 e. The Hall–Kier alpha value is -4.02. The molecule has 0 radical (unpaired) electrons. The molecule has 11 heteroatoms. The first kappa shape index (κ1) is 25.1. The number of pyridine rings is 2. The molecule has 0 unspecified atom stereocenters. The summed E-state index contributed by atoms with van der Waals surface area (Å²) in [6.45, 7) is 0.348. The van der Waals surface area contributed by atoms with Crippen LogP contribution in [0, 0.1) is 17.0 Å². The van der Waals surface area contributed by atoms with Gasteiger partial charge in [-0.3, -0.25) is 19.4 Å². The molecule has 0 aliphatic heterocycles. The molecule has 1 aliphatic carbocycles. The van der Waals surface area contributed by atoms with E-state index < -0.39 is 45.7 Å². The van der Waals surface area contributed by atoms with Crippen LogP contribution < -0.4 is 16.2 Å². The first-order valence-electron chi connectivity index (χ1n) is 11.1. The van der Waals surface area contributed by atoms with Gasteiger partial charge >= 0.3 is 0 Å². The minimum absolute atomic E-state index is 0.0553. The van der Waals surface area contributed by atoms with Crippen LogP contribution in [0.1, 0.15) is 47.8 Å². The molecule has 1 saturated carbocycles. The Labute approximate surface area is 203 Å². The number of carbonyl (C=O) groups is 2. The van der Waals surface area contributed by atoms with Crippen molar-refractivity contribution < 1.29 is 27.2 Å². The van der Waals surface area contributed by atoms with Crippen LogP contribution in [-0.4, -0.2) is 21.7 Å². The number of Topliss-reactive ketones (excluding diaryl/α,β-unsaturated/α-hetero) is 1. The van der Waals surface area contributed by atoms with Crippen LogP contribution in [0.5, 0.6) is 0 Å². The quantitative estimate of drug-likeness (QED) is 0.294. The van der Waals surface area contributed by atoms with Crippen molar-refractivity contribution in [1.82, 2.24) is 15.3 Å². The maximum atomic E-state index is 14.6. The highest BCUT2D eigenvalue weighted by molar-refractivity contribution is 6.00. The van der Waals surface area contributed by atoms with Crippen molar-refractivity contribution in [3.63, 3.8) is 0 Å². The van der Waals surface area contributed by atoms with Crippen LogP contribution in [0.3, 0.4) is 0 Å². The fourth-order valence-electron chi connectivity index (χ4n) is 3.84. The predicted octanol–water partition coefficient (Wildman–Crippen LogP) is 4.57. The molecule has 0 saturated heterocycles.